The quantitative estimate of drug-likeness (QED) is 0.386. The summed E-state index contributed by atoms with van der Waals surface area (Å²) in [6.07, 6.45) is 2.40. The normalized spacial score (nSPS) is 16.2. The second-order valence-electron chi connectivity index (χ2n) is 7.24. The van der Waals surface area contributed by atoms with E-state index in [0.29, 0.717) is 0 Å². The van der Waals surface area contributed by atoms with Crippen molar-refractivity contribution in [1.29, 1.82) is 0 Å². The Morgan fingerprint density at radius 2 is 1.75 bits per heavy atom. The van der Waals surface area contributed by atoms with Gasteiger partial charge in [0.15, 0.2) is 5.96 Å². The summed E-state index contributed by atoms with van der Waals surface area (Å²) in [5, 5.41) is 8.90. The zero-order chi connectivity index (χ0) is 19.4. The Kier molecular flexibility index (Phi) is 8.81. The molecule has 2 heterocycles. The molecule has 2 aromatic rings. The number of nitrogens with zero attached hydrogens (tertiary/aromatic N) is 3. The molecule has 5 nitrogen and oxygen atoms in total. The third-order valence-electron chi connectivity index (χ3n) is 5.14. The van der Waals surface area contributed by atoms with Gasteiger partial charge in [0.1, 0.15) is 0 Å². The number of hydrogen-bond donors (Lipinski definition) is 2. The number of aliphatic imine (C=N–C) groups is 1. The Balaban J connectivity index is 1.23. The van der Waals surface area contributed by atoms with E-state index < -0.39 is 0 Å². The molecular weight excluding hydrogens is 366 g/mol. The van der Waals surface area contributed by atoms with E-state index in [0.717, 1.165) is 25.6 Å². The molecule has 2 N–H and O–H groups in total. The zero-order valence-electron chi connectivity index (χ0n) is 16.9. The molecule has 0 amide bonds. The van der Waals surface area contributed by atoms with Crippen LogP contribution in [0.25, 0.3) is 0 Å². The highest BCUT2D eigenvalue weighted by molar-refractivity contribution is 7.09. The summed E-state index contributed by atoms with van der Waals surface area (Å²) in [5.41, 5.74) is 1.42. The minimum atomic E-state index is 0.838. The predicted octanol–water partition coefficient (Wildman–Crippen LogP) is 3.01. The van der Waals surface area contributed by atoms with Crippen LogP contribution in [0, 0.1) is 0 Å². The van der Waals surface area contributed by atoms with Gasteiger partial charge in [0.05, 0.1) is 6.54 Å². The summed E-state index contributed by atoms with van der Waals surface area (Å²) < 4.78 is 0. The molecule has 1 saturated heterocycles. The van der Waals surface area contributed by atoms with Crippen molar-refractivity contribution in [3.63, 3.8) is 0 Å². The monoisotopic (exact) mass is 399 g/mol. The van der Waals surface area contributed by atoms with Crippen molar-refractivity contribution in [3.8, 4) is 0 Å². The van der Waals surface area contributed by atoms with Crippen LogP contribution >= 0.6 is 11.3 Å². The first-order valence-electron chi connectivity index (χ1n) is 10.3. The maximum absolute atomic E-state index is 4.30. The lowest BCUT2D eigenvalue weighted by Gasteiger charge is -2.34. The first-order valence-corrected chi connectivity index (χ1v) is 11.2. The fourth-order valence-corrected chi connectivity index (χ4v) is 4.13. The number of nitrogens with one attached hydrogen (secondary N) is 2. The van der Waals surface area contributed by atoms with Crippen molar-refractivity contribution in [2.24, 2.45) is 4.99 Å². The highest BCUT2D eigenvalue weighted by Crippen LogP contribution is 2.09. The fraction of sp³-hybridized carbons (Fsp3) is 0.500. The van der Waals surface area contributed by atoms with Gasteiger partial charge in [0.25, 0.3) is 0 Å². The molecule has 1 aliphatic heterocycles. The largest absolute Gasteiger partial charge is 0.356 e. The summed E-state index contributed by atoms with van der Waals surface area (Å²) in [4.78, 5) is 10.8. The average Bonchev–Trinajstić information content (AvgIpc) is 3.26. The van der Waals surface area contributed by atoms with Crippen LogP contribution in [0.1, 0.15) is 23.3 Å². The number of guanidine groups is 1. The van der Waals surface area contributed by atoms with Gasteiger partial charge < -0.3 is 15.5 Å². The molecular formula is C22H33N5S. The number of unbranched alkanes of at least 4 members (excludes halogenated alkanes) is 1. The number of rotatable bonds is 9. The molecule has 0 unspecified atom stereocenters. The lowest BCUT2D eigenvalue weighted by molar-refractivity contribution is 0.126. The van der Waals surface area contributed by atoms with E-state index in [1.807, 2.05) is 7.05 Å². The Bertz CT molecular complexity index is 678. The molecule has 1 aromatic carbocycles. The number of benzene rings is 1. The lowest BCUT2D eigenvalue weighted by atomic mass is 10.2. The molecule has 28 heavy (non-hydrogen) atoms. The average molecular weight is 400 g/mol. The number of hydrogen-bond acceptors (Lipinski definition) is 4. The molecule has 0 radical (unpaired) electrons. The third-order valence-corrected chi connectivity index (χ3v) is 6.02. The zero-order valence-corrected chi connectivity index (χ0v) is 17.8. The Morgan fingerprint density at radius 3 is 2.46 bits per heavy atom. The Hall–Kier alpha value is -1.89. The highest BCUT2D eigenvalue weighted by Gasteiger charge is 2.16. The maximum Gasteiger partial charge on any atom is 0.191 e. The minimum absolute atomic E-state index is 0.838. The van der Waals surface area contributed by atoms with Crippen molar-refractivity contribution in [3.05, 3.63) is 58.3 Å². The van der Waals surface area contributed by atoms with E-state index >= 15 is 0 Å². The molecule has 0 saturated carbocycles. The van der Waals surface area contributed by atoms with Crippen LogP contribution in [0.3, 0.4) is 0 Å². The Morgan fingerprint density at radius 1 is 0.964 bits per heavy atom. The second-order valence-corrected chi connectivity index (χ2v) is 8.27. The molecule has 0 aliphatic carbocycles. The van der Waals surface area contributed by atoms with Crippen molar-refractivity contribution in [1.82, 2.24) is 20.4 Å². The van der Waals surface area contributed by atoms with Crippen LogP contribution in [-0.2, 0) is 13.1 Å². The number of thiophene rings is 1. The molecule has 0 atom stereocenters. The molecule has 1 fully saturated rings. The van der Waals surface area contributed by atoms with E-state index in [-0.39, 0.29) is 0 Å². The van der Waals surface area contributed by atoms with Crippen LogP contribution in [0.4, 0.5) is 0 Å². The summed E-state index contributed by atoms with van der Waals surface area (Å²) in [6, 6.07) is 15.0. The van der Waals surface area contributed by atoms with Gasteiger partial charge in [-0.25, -0.2) is 0 Å². The smallest absolute Gasteiger partial charge is 0.191 e. The van der Waals surface area contributed by atoms with Crippen molar-refractivity contribution in [2.45, 2.75) is 25.9 Å². The van der Waals surface area contributed by atoms with Crippen LogP contribution < -0.4 is 10.6 Å². The van der Waals surface area contributed by atoms with E-state index in [2.05, 4.69) is 73.3 Å². The van der Waals surface area contributed by atoms with E-state index in [9.17, 15) is 0 Å². The van der Waals surface area contributed by atoms with Crippen LogP contribution in [0.5, 0.6) is 0 Å². The summed E-state index contributed by atoms with van der Waals surface area (Å²) in [6.45, 7) is 8.80. The van der Waals surface area contributed by atoms with E-state index in [1.165, 1.54) is 56.0 Å². The van der Waals surface area contributed by atoms with Gasteiger partial charge in [-0.3, -0.25) is 9.89 Å². The summed E-state index contributed by atoms with van der Waals surface area (Å²) in [5.74, 6) is 0.892. The summed E-state index contributed by atoms with van der Waals surface area (Å²) in [7, 11) is 1.83. The molecule has 1 aromatic heterocycles. The molecule has 0 spiro atoms. The molecule has 152 valence electrons. The molecule has 0 bridgehead atoms. The molecule has 1 aliphatic rings. The van der Waals surface area contributed by atoms with Gasteiger partial charge in [-0.2, -0.15) is 0 Å². The van der Waals surface area contributed by atoms with Gasteiger partial charge in [-0.05, 0) is 36.4 Å². The van der Waals surface area contributed by atoms with Gasteiger partial charge in [-0.1, -0.05) is 36.4 Å². The topological polar surface area (TPSA) is 42.9 Å². The van der Waals surface area contributed by atoms with Gasteiger partial charge in [0, 0.05) is 51.2 Å². The van der Waals surface area contributed by atoms with Gasteiger partial charge >= 0.3 is 0 Å². The van der Waals surface area contributed by atoms with Crippen LogP contribution in [0.2, 0.25) is 0 Å². The number of piperazine rings is 1. The lowest BCUT2D eigenvalue weighted by Crippen LogP contribution is -2.46. The van der Waals surface area contributed by atoms with Crippen molar-refractivity contribution < 1.29 is 0 Å². The van der Waals surface area contributed by atoms with Crippen molar-refractivity contribution in [2.75, 3.05) is 46.3 Å². The first-order chi connectivity index (χ1) is 13.8. The Labute approximate surface area is 173 Å². The van der Waals surface area contributed by atoms with Crippen molar-refractivity contribution >= 4 is 17.3 Å². The standard InChI is InChI=1S/C22H33N5S/c1-23-22(25-18-21-10-7-17-28-21)24-11-5-6-12-26-13-15-27(16-14-26)19-20-8-3-2-4-9-20/h2-4,7-10,17H,5-6,11-16,18-19H2,1H3,(H2,23,24,25). The minimum Gasteiger partial charge on any atom is -0.356 e. The second kappa shape index (κ2) is 11.8. The van der Waals surface area contributed by atoms with Crippen LogP contribution in [0.15, 0.2) is 52.8 Å². The third kappa shape index (κ3) is 7.26. The first kappa shape index (κ1) is 20.8. The SMILES string of the molecule is CN=C(NCCCCN1CCN(Cc2ccccc2)CC1)NCc1cccs1. The van der Waals surface area contributed by atoms with Gasteiger partial charge in [0.2, 0.25) is 0 Å². The predicted molar refractivity (Wildman–Crippen MR) is 120 cm³/mol. The van der Waals surface area contributed by atoms with E-state index in [4.69, 9.17) is 0 Å². The summed E-state index contributed by atoms with van der Waals surface area (Å²) >= 11 is 1.77. The van der Waals surface area contributed by atoms with Crippen LogP contribution in [-0.4, -0.2) is 62.1 Å². The van der Waals surface area contributed by atoms with Gasteiger partial charge in [-0.15, -0.1) is 11.3 Å². The maximum atomic E-state index is 4.30. The molecule has 3 rings (SSSR count). The molecule has 6 heteroatoms. The highest BCUT2D eigenvalue weighted by atomic mass is 32.1. The van der Waals surface area contributed by atoms with E-state index in [1.54, 1.807) is 11.3 Å². The fourth-order valence-electron chi connectivity index (χ4n) is 3.48.